The standard InChI is InChI=1S/C17H14N4O2/c1-11(16-20-19-15-8-4-5-9-21(15)16)18-17(22)14-10-12-6-2-3-7-13(12)23-14/h2-11H,1H3,(H,18,22). The molecule has 0 radical (unpaired) electrons. The van der Waals surface area contributed by atoms with Crippen LogP contribution in [0.3, 0.4) is 0 Å². The second-order valence-corrected chi connectivity index (χ2v) is 5.33. The Morgan fingerprint density at radius 3 is 2.87 bits per heavy atom. The largest absolute Gasteiger partial charge is 0.451 e. The van der Waals surface area contributed by atoms with E-state index in [1.165, 1.54) is 0 Å². The van der Waals surface area contributed by atoms with Crippen LogP contribution in [0.2, 0.25) is 0 Å². The predicted molar refractivity (Wildman–Crippen MR) is 85.1 cm³/mol. The Morgan fingerprint density at radius 2 is 2.00 bits per heavy atom. The average molecular weight is 306 g/mol. The van der Waals surface area contributed by atoms with Crippen molar-refractivity contribution >= 4 is 22.5 Å². The molecule has 0 saturated carbocycles. The normalized spacial score (nSPS) is 12.6. The molecule has 1 unspecified atom stereocenters. The van der Waals surface area contributed by atoms with Crippen LogP contribution in [0.4, 0.5) is 0 Å². The van der Waals surface area contributed by atoms with E-state index in [2.05, 4.69) is 15.5 Å². The minimum absolute atomic E-state index is 0.276. The average Bonchev–Trinajstić information content (AvgIpc) is 3.18. The third-order valence-corrected chi connectivity index (χ3v) is 3.72. The first-order valence-electron chi connectivity index (χ1n) is 7.31. The summed E-state index contributed by atoms with van der Waals surface area (Å²) in [6, 6.07) is 14.6. The number of hydrogen-bond donors (Lipinski definition) is 1. The Hall–Kier alpha value is -3.15. The van der Waals surface area contributed by atoms with E-state index in [0.29, 0.717) is 11.4 Å². The molecule has 1 amide bonds. The zero-order chi connectivity index (χ0) is 15.8. The first-order chi connectivity index (χ1) is 11.2. The van der Waals surface area contributed by atoms with Crippen molar-refractivity contribution in [2.45, 2.75) is 13.0 Å². The molecule has 4 rings (SSSR count). The lowest BCUT2D eigenvalue weighted by molar-refractivity contribution is 0.0912. The molecule has 1 N–H and O–H groups in total. The number of nitrogens with zero attached hydrogens (tertiary/aromatic N) is 3. The van der Waals surface area contributed by atoms with Crippen molar-refractivity contribution in [1.29, 1.82) is 0 Å². The molecule has 23 heavy (non-hydrogen) atoms. The van der Waals surface area contributed by atoms with Gasteiger partial charge in [0.2, 0.25) is 0 Å². The van der Waals surface area contributed by atoms with Gasteiger partial charge in [-0.25, -0.2) is 0 Å². The summed E-state index contributed by atoms with van der Waals surface area (Å²) in [6.07, 6.45) is 1.87. The van der Waals surface area contributed by atoms with Crippen molar-refractivity contribution < 1.29 is 9.21 Å². The van der Waals surface area contributed by atoms with Crippen LogP contribution in [-0.2, 0) is 0 Å². The third kappa shape index (κ3) is 2.34. The van der Waals surface area contributed by atoms with Crippen molar-refractivity contribution in [1.82, 2.24) is 19.9 Å². The van der Waals surface area contributed by atoms with Crippen LogP contribution in [0.25, 0.3) is 16.6 Å². The number of amides is 1. The van der Waals surface area contributed by atoms with Gasteiger partial charge in [0.15, 0.2) is 17.2 Å². The van der Waals surface area contributed by atoms with Gasteiger partial charge in [-0.15, -0.1) is 10.2 Å². The first kappa shape index (κ1) is 13.5. The van der Waals surface area contributed by atoms with Gasteiger partial charge in [0.25, 0.3) is 5.91 Å². The van der Waals surface area contributed by atoms with E-state index in [-0.39, 0.29) is 17.7 Å². The van der Waals surface area contributed by atoms with E-state index in [0.717, 1.165) is 11.0 Å². The Morgan fingerprint density at radius 1 is 1.17 bits per heavy atom. The third-order valence-electron chi connectivity index (χ3n) is 3.72. The Balaban J connectivity index is 1.60. The molecule has 114 valence electrons. The van der Waals surface area contributed by atoms with Crippen molar-refractivity contribution in [3.05, 3.63) is 66.3 Å². The zero-order valence-corrected chi connectivity index (χ0v) is 12.4. The Bertz CT molecular complexity index is 969. The second-order valence-electron chi connectivity index (χ2n) is 5.33. The van der Waals surface area contributed by atoms with Crippen LogP contribution in [0.5, 0.6) is 0 Å². The van der Waals surface area contributed by atoms with Crippen molar-refractivity contribution in [3.63, 3.8) is 0 Å². The van der Waals surface area contributed by atoms with E-state index in [4.69, 9.17) is 4.42 Å². The minimum Gasteiger partial charge on any atom is -0.451 e. The molecular weight excluding hydrogens is 292 g/mol. The van der Waals surface area contributed by atoms with Gasteiger partial charge in [0.1, 0.15) is 5.58 Å². The Labute approximate surface area is 131 Å². The fourth-order valence-corrected chi connectivity index (χ4v) is 2.58. The maximum absolute atomic E-state index is 12.4. The van der Waals surface area contributed by atoms with Crippen molar-refractivity contribution in [3.8, 4) is 0 Å². The van der Waals surface area contributed by atoms with Gasteiger partial charge >= 0.3 is 0 Å². The van der Waals surface area contributed by atoms with Gasteiger partial charge in [-0.05, 0) is 31.2 Å². The molecule has 4 aromatic rings. The molecule has 1 atom stereocenters. The molecule has 1 aromatic carbocycles. The maximum atomic E-state index is 12.4. The Kier molecular flexibility index (Phi) is 3.08. The number of hydrogen-bond acceptors (Lipinski definition) is 4. The number of fused-ring (bicyclic) bond motifs is 2. The molecule has 0 aliphatic heterocycles. The smallest absolute Gasteiger partial charge is 0.287 e. The number of benzene rings is 1. The topological polar surface area (TPSA) is 72.4 Å². The number of nitrogens with one attached hydrogen (secondary N) is 1. The molecule has 6 nitrogen and oxygen atoms in total. The minimum atomic E-state index is -0.298. The zero-order valence-electron chi connectivity index (χ0n) is 12.4. The summed E-state index contributed by atoms with van der Waals surface area (Å²) in [4.78, 5) is 12.4. The highest BCUT2D eigenvalue weighted by molar-refractivity contribution is 5.96. The van der Waals surface area contributed by atoms with Crippen LogP contribution in [0, 0.1) is 0 Å². The summed E-state index contributed by atoms with van der Waals surface area (Å²) in [6.45, 7) is 1.87. The maximum Gasteiger partial charge on any atom is 0.287 e. The predicted octanol–water partition coefficient (Wildman–Crippen LogP) is 2.97. The van der Waals surface area contributed by atoms with Gasteiger partial charge in [0, 0.05) is 11.6 Å². The monoisotopic (exact) mass is 306 g/mol. The quantitative estimate of drug-likeness (QED) is 0.631. The van der Waals surface area contributed by atoms with Gasteiger partial charge in [-0.1, -0.05) is 24.3 Å². The first-order valence-corrected chi connectivity index (χ1v) is 7.31. The molecule has 3 aromatic heterocycles. The van der Waals surface area contributed by atoms with Crippen LogP contribution in [0.15, 0.2) is 59.1 Å². The number of para-hydroxylation sites is 1. The molecule has 0 fully saturated rings. The van der Waals surface area contributed by atoms with E-state index in [1.54, 1.807) is 6.07 Å². The highest BCUT2D eigenvalue weighted by Crippen LogP contribution is 2.20. The molecule has 6 heteroatoms. The SMILES string of the molecule is CC(NC(=O)c1cc2ccccc2o1)c1nnc2ccccn12. The number of rotatable bonds is 3. The summed E-state index contributed by atoms with van der Waals surface area (Å²) < 4.78 is 7.43. The molecule has 0 bridgehead atoms. The number of pyridine rings is 1. The number of aromatic nitrogens is 3. The number of furan rings is 1. The van der Waals surface area contributed by atoms with Gasteiger partial charge in [-0.3, -0.25) is 9.20 Å². The molecule has 0 aliphatic rings. The lowest BCUT2D eigenvalue weighted by Crippen LogP contribution is -2.27. The lowest BCUT2D eigenvalue weighted by atomic mass is 10.2. The van der Waals surface area contributed by atoms with E-state index < -0.39 is 0 Å². The molecule has 3 heterocycles. The number of carbonyl (C=O) groups excluding carboxylic acids is 1. The molecule has 0 saturated heterocycles. The number of carbonyl (C=O) groups is 1. The molecular formula is C17H14N4O2. The fourth-order valence-electron chi connectivity index (χ4n) is 2.58. The second kappa shape index (κ2) is 5.24. The van der Waals surface area contributed by atoms with E-state index in [1.807, 2.05) is 60.0 Å². The summed E-state index contributed by atoms with van der Waals surface area (Å²) in [5, 5.41) is 12.0. The van der Waals surface area contributed by atoms with Crippen LogP contribution in [0.1, 0.15) is 29.3 Å². The van der Waals surface area contributed by atoms with Crippen molar-refractivity contribution in [2.75, 3.05) is 0 Å². The highest BCUT2D eigenvalue weighted by atomic mass is 16.3. The van der Waals surface area contributed by atoms with Crippen molar-refractivity contribution in [2.24, 2.45) is 0 Å². The van der Waals surface area contributed by atoms with Gasteiger partial charge in [-0.2, -0.15) is 0 Å². The highest BCUT2D eigenvalue weighted by Gasteiger charge is 2.19. The summed E-state index contributed by atoms with van der Waals surface area (Å²) in [5.74, 6) is 0.679. The van der Waals surface area contributed by atoms with Crippen LogP contribution < -0.4 is 5.32 Å². The van der Waals surface area contributed by atoms with E-state index in [9.17, 15) is 4.79 Å². The van der Waals surface area contributed by atoms with E-state index >= 15 is 0 Å². The van der Waals surface area contributed by atoms with Crippen LogP contribution >= 0.6 is 0 Å². The summed E-state index contributed by atoms with van der Waals surface area (Å²) in [7, 11) is 0. The van der Waals surface area contributed by atoms with Gasteiger partial charge < -0.3 is 9.73 Å². The summed E-state index contributed by atoms with van der Waals surface area (Å²) >= 11 is 0. The molecule has 0 spiro atoms. The lowest BCUT2D eigenvalue weighted by Gasteiger charge is -2.10. The molecule has 0 aliphatic carbocycles. The summed E-state index contributed by atoms with van der Waals surface area (Å²) in [5.41, 5.74) is 1.44. The van der Waals surface area contributed by atoms with Crippen LogP contribution in [-0.4, -0.2) is 20.5 Å². The fraction of sp³-hybridized carbons (Fsp3) is 0.118. The van der Waals surface area contributed by atoms with Gasteiger partial charge in [0.05, 0.1) is 6.04 Å².